The van der Waals surface area contributed by atoms with Crippen molar-refractivity contribution in [3.63, 3.8) is 0 Å². The molecule has 1 aliphatic rings. The summed E-state index contributed by atoms with van der Waals surface area (Å²) in [5.74, 6) is 0.302. The average molecular weight is 322 g/mol. The van der Waals surface area contributed by atoms with E-state index in [9.17, 15) is 4.79 Å². The number of nitrogens with zero attached hydrogens (tertiary/aromatic N) is 1. The zero-order valence-electron chi connectivity index (χ0n) is 14.5. The van der Waals surface area contributed by atoms with Crippen molar-refractivity contribution in [1.29, 1.82) is 0 Å². The normalized spacial score (nSPS) is 17.4. The van der Waals surface area contributed by atoms with E-state index in [1.807, 2.05) is 18.2 Å². The van der Waals surface area contributed by atoms with Gasteiger partial charge in [-0.25, -0.2) is 0 Å². The van der Waals surface area contributed by atoms with Gasteiger partial charge in [0.05, 0.1) is 6.04 Å². The fourth-order valence-electron chi connectivity index (χ4n) is 3.39. The molecule has 2 aromatic rings. The van der Waals surface area contributed by atoms with Crippen LogP contribution in [-0.4, -0.2) is 30.9 Å². The lowest BCUT2D eigenvalue weighted by Crippen LogP contribution is -2.40. The predicted molar refractivity (Wildman–Crippen MR) is 97.8 cm³/mol. The molecule has 0 spiro atoms. The van der Waals surface area contributed by atoms with Crippen LogP contribution in [0.3, 0.4) is 0 Å². The van der Waals surface area contributed by atoms with E-state index >= 15 is 0 Å². The highest BCUT2D eigenvalue weighted by Crippen LogP contribution is 2.25. The second kappa shape index (κ2) is 7.63. The Morgan fingerprint density at radius 2 is 1.71 bits per heavy atom. The number of carbonyl (C=O) groups excluding carboxylic acids is 1. The largest absolute Gasteiger partial charge is 0.345 e. The minimum absolute atomic E-state index is 0.0849. The Hall–Kier alpha value is -2.13. The van der Waals surface area contributed by atoms with Crippen molar-refractivity contribution in [3.05, 3.63) is 71.3 Å². The Labute approximate surface area is 144 Å². The summed E-state index contributed by atoms with van der Waals surface area (Å²) in [7, 11) is 2.12. The monoisotopic (exact) mass is 322 g/mol. The third-order valence-corrected chi connectivity index (χ3v) is 4.88. The highest BCUT2D eigenvalue weighted by molar-refractivity contribution is 5.79. The third-order valence-electron chi connectivity index (χ3n) is 4.88. The first-order valence-electron chi connectivity index (χ1n) is 8.74. The van der Waals surface area contributed by atoms with E-state index in [0.29, 0.717) is 0 Å². The van der Waals surface area contributed by atoms with Gasteiger partial charge in [-0.15, -0.1) is 0 Å². The minimum atomic E-state index is -0.0849. The smallest absolute Gasteiger partial charge is 0.223 e. The van der Waals surface area contributed by atoms with Gasteiger partial charge in [0.25, 0.3) is 0 Å². The number of nitrogens with one attached hydrogen (secondary N) is 1. The van der Waals surface area contributed by atoms with Crippen LogP contribution >= 0.6 is 0 Å². The second-order valence-electron chi connectivity index (χ2n) is 6.84. The van der Waals surface area contributed by atoms with Gasteiger partial charge in [-0.05, 0) is 51.0 Å². The Balaban J connectivity index is 1.81. The van der Waals surface area contributed by atoms with E-state index in [1.54, 1.807) is 0 Å². The predicted octanol–water partition coefficient (Wildman–Crippen LogP) is 3.54. The average Bonchev–Trinajstić information content (AvgIpc) is 2.61. The molecule has 3 nitrogen and oxygen atoms in total. The van der Waals surface area contributed by atoms with Crippen LogP contribution in [0.2, 0.25) is 0 Å². The molecule has 0 unspecified atom stereocenters. The first kappa shape index (κ1) is 16.7. The summed E-state index contributed by atoms with van der Waals surface area (Å²) in [5.41, 5.74) is 3.48. The van der Waals surface area contributed by atoms with Gasteiger partial charge in [0, 0.05) is 5.92 Å². The van der Waals surface area contributed by atoms with Gasteiger partial charge in [0.15, 0.2) is 0 Å². The minimum Gasteiger partial charge on any atom is -0.345 e. The molecule has 0 radical (unpaired) electrons. The molecule has 126 valence electrons. The van der Waals surface area contributed by atoms with E-state index in [0.717, 1.165) is 37.1 Å². The number of benzene rings is 2. The lowest BCUT2D eigenvalue weighted by molar-refractivity contribution is -0.126. The molecule has 24 heavy (non-hydrogen) atoms. The van der Waals surface area contributed by atoms with Crippen molar-refractivity contribution < 1.29 is 4.79 Å². The number of hydrogen-bond donors (Lipinski definition) is 1. The topological polar surface area (TPSA) is 32.3 Å². The van der Waals surface area contributed by atoms with Crippen molar-refractivity contribution in [2.75, 3.05) is 20.1 Å². The molecule has 1 aliphatic heterocycles. The van der Waals surface area contributed by atoms with Crippen LogP contribution in [0.15, 0.2) is 54.6 Å². The number of hydrogen-bond acceptors (Lipinski definition) is 2. The fraction of sp³-hybridized carbons (Fsp3) is 0.381. The number of carbonyl (C=O) groups is 1. The molecule has 2 aromatic carbocycles. The molecular weight excluding hydrogens is 296 g/mol. The lowest BCUT2D eigenvalue weighted by atomic mass is 9.93. The maximum absolute atomic E-state index is 12.8. The number of likely N-dealkylation sites (tertiary alicyclic amines) is 1. The zero-order valence-corrected chi connectivity index (χ0v) is 14.5. The highest BCUT2D eigenvalue weighted by atomic mass is 16.1. The Kier molecular flexibility index (Phi) is 5.31. The summed E-state index contributed by atoms with van der Waals surface area (Å²) < 4.78 is 0. The first-order valence-corrected chi connectivity index (χ1v) is 8.74. The molecule has 1 heterocycles. The number of piperidine rings is 1. The molecule has 1 atom stereocenters. The summed E-state index contributed by atoms with van der Waals surface area (Å²) in [6.07, 6.45) is 1.88. The number of amides is 1. The molecule has 0 bridgehead atoms. The molecule has 0 aliphatic carbocycles. The molecule has 3 rings (SSSR count). The fourth-order valence-corrected chi connectivity index (χ4v) is 3.39. The summed E-state index contributed by atoms with van der Waals surface area (Å²) in [5, 5.41) is 3.30. The maximum atomic E-state index is 12.8. The standard InChI is InChI=1S/C21H26N2O/c1-16-7-6-10-19(15-16)20(17-8-4-3-5-9-17)22-21(24)18-11-13-23(2)14-12-18/h3-10,15,18,20H,11-14H2,1-2H3,(H,22,24)/t20-/m0/s1. The van der Waals surface area contributed by atoms with Crippen molar-refractivity contribution >= 4 is 5.91 Å². The zero-order chi connectivity index (χ0) is 16.9. The van der Waals surface area contributed by atoms with Gasteiger partial charge in [-0.2, -0.15) is 0 Å². The lowest BCUT2D eigenvalue weighted by Gasteiger charge is -2.30. The van der Waals surface area contributed by atoms with Crippen molar-refractivity contribution in [3.8, 4) is 0 Å². The van der Waals surface area contributed by atoms with Crippen molar-refractivity contribution in [2.45, 2.75) is 25.8 Å². The Morgan fingerprint density at radius 3 is 2.38 bits per heavy atom. The molecule has 0 aromatic heterocycles. The van der Waals surface area contributed by atoms with E-state index in [1.165, 1.54) is 5.56 Å². The van der Waals surface area contributed by atoms with Gasteiger partial charge >= 0.3 is 0 Å². The maximum Gasteiger partial charge on any atom is 0.223 e. The van der Waals surface area contributed by atoms with Crippen LogP contribution in [0.5, 0.6) is 0 Å². The molecule has 0 saturated carbocycles. The number of rotatable bonds is 4. The van der Waals surface area contributed by atoms with Gasteiger partial charge < -0.3 is 10.2 Å². The molecule has 1 amide bonds. The van der Waals surface area contributed by atoms with Crippen LogP contribution < -0.4 is 5.32 Å². The molecule has 1 saturated heterocycles. The van der Waals surface area contributed by atoms with E-state index in [4.69, 9.17) is 0 Å². The van der Waals surface area contributed by atoms with E-state index in [2.05, 4.69) is 60.6 Å². The summed E-state index contributed by atoms with van der Waals surface area (Å²) in [6, 6.07) is 18.6. The highest BCUT2D eigenvalue weighted by Gasteiger charge is 2.26. The summed E-state index contributed by atoms with van der Waals surface area (Å²) >= 11 is 0. The van der Waals surface area contributed by atoms with Crippen LogP contribution in [0.4, 0.5) is 0 Å². The van der Waals surface area contributed by atoms with Crippen LogP contribution in [0.25, 0.3) is 0 Å². The number of aryl methyl sites for hydroxylation is 1. The summed E-state index contributed by atoms with van der Waals surface area (Å²) in [4.78, 5) is 15.1. The van der Waals surface area contributed by atoms with Crippen molar-refractivity contribution in [1.82, 2.24) is 10.2 Å². The molecule has 1 fully saturated rings. The van der Waals surface area contributed by atoms with Crippen molar-refractivity contribution in [2.24, 2.45) is 5.92 Å². The van der Waals surface area contributed by atoms with Gasteiger partial charge in [0.1, 0.15) is 0 Å². The molecule has 1 N–H and O–H groups in total. The van der Waals surface area contributed by atoms with Crippen LogP contribution in [0.1, 0.15) is 35.6 Å². The third kappa shape index (κ3) is 4.04. The Morgan fingerprint density at radius 1 is 1.04 bits per heavy atom. The quantitative estimate of drug-likeness (QED) is 0.934. The SMILES string of the molecule is Cc1cccc([C@@H](NC(=O)C2CCN(C)CC2)c2ccccc2)c1. The van der Waals surface area contributed by atoms with Crippen LogP contribution in [-0.2, 0) is 4.79 Å². The van der Waals surface area contributed by atoms with E-state index in [-0.39, 0.29) is 17.9 Å². The van der Waals surface area contributed by atoms with Gasteiger partial charge in [-0.3, -0.25) is 4.79 Å². The second-order valence-corrected chi connectivity index (χ2v) is 6.84. The van der Waals surface area contributed by atoms with Gasteiger partial charge in [0.2, 0.25) is 5.91 Å². The first-order chi connectivity index (χ1) is 11.6. The molecule has 3 heteroatoms. The molecular formula is C21H26N2O. The van der Waals surface area contributed by atoms with Crippen LogP contribution in [0, 0.1) is 12.8 Å². The van der Waals surface area contributed by atoms with Gasteiger partial charge in [-0.1, -0.05) is 60.2 Å². The van der Waals surface area contributed by atoms with E-state index < -0.39 is 0 Å². The summed E-state index contributed by atoms with van der Waals surface area (Å²) in [6.45, 7) is 4.08. The Bertz CT molecular complexity index is 675.